The summed E-state index contributed by atoms with van der Waals surface area (Å²) >= 11 is 0. The molecule has 2 aromatic carbocycles. The van der Waals surface area contributed by atoms with Crippen molar-refractivity contribution in [2.24, 2.45) is 0 Å². The van der Waals surface area contributed by atoms with Gasteiger partial charge in [0.1, 0.15) is 0 Å². The number of nitro benzene ring substituents is 1. The Kier molecular flexibility index (Phi) is 8.28. The third-order valence-electron chi connectivity index (χ3n) is 3.80. The molecule has 0 radical (unpaired) electrons. The molecule has 0 unspecified atom stereocenters. The molecule has 0 spiro atoms. The van der Waals surface area contributed by atoms with Crippen LogP contribution in [0.1, 0.15) is 17.3 Å². The normalized spacial score (nSPS) is 11.3. The number of benzene rings is 2. The van der Waals surface area contributed by atoms with Gasteiger partial charge in [-0.2, -0.15) is 0 Å². The molecule has 0 bridgehead atoms. The van der Waals surface area contributed by atoms with Gasteiger partial charge in [0.25, 0.3) is 11.6 Å². The maximum atomic E-state index is 12.2. The highest BCUT2D eigenvalue weighted by Gasteiger charge is 2.17. The van der Waals surface area contributed by atoms with Gasteiger partial charge in [-0.05, 0) is 24.3 Å². The van der Waals surface area contributed by atoms with E-state index in [4.69, 9.17) is 4.74 Å². The number of non-ortho nitro benzene ring substituents is 1. The third kappa shape index (κ3) is 6.68. The highest BCUT2D eigenvalue weighted by Crippen LogP contribution is 2.16. The van der Waals surface area contributed by atoms with E-state index in [2.05, 4.69) is 10.6 Å². The van der Waals surface area contributed by atoms with Gasteiger partial charge in [0, 0.05) is 36.7 Å². The first kappa shape index (κ1) is 22.0. The van der Waals surface area contributed by atoms with Gasteiger partial charge in [0.15, 0.2) is 6.61 Å². The number of hydrogen-bond donors (Lipinski definition) is 2. The number of rotatable bonds is 10. The first-order valence-corrected chi connectivity index (χ1v) is 10.1. The third-order valence-corrected chi connectivity index (χ3v) is 5.17. The van der Waals surface area contributed by atoms with Crippen molar-refractivity contribution in [3.05, 3.63) is 64.2 Å². The molecule has 2 N–H and O–H groups in total. The molecule has 0 aromatic heterocycles. The highest BCUT2D eigenvalue weighted by atomic mass is 32.2. The lowest BCUT2D eigenvalue weighted by molar-refractivity contribution is -0.384. The molecule has 2 aromatic rings. The zero-order valence-electron chi connectivity index (χ0n) is 15.8. The van der Waals surface area contributed by atoms with Crippen LogP contribution in [0.4, 0.5) is 11.4 Å². The van der Waals surface area contributed by atoms with Gasteiger partial charge in [-0.3, -0.25) is 19.1 Å². The van der Waals surface area contributed by atoms with Gasteiger partial charge in [-0.25, -0.2) is 4.79 Å². The van der Waals surface area contributed by atoms with Crippen LogP contribution in [0.2, 0.25) is 0 Å². The molecule has 10 heteroatoms. The molecule has 0 aliphatic rings. The molecule has 2 rings (SSSR count). The van der Waals surface area contributed by atoms with Crippen LogP contribution in [0, 0.1) is 10.1 Å². The topological polar surface area (TPSA) is 128 Å². The van der Waals surface area contributed by atoms with Gasteiger partial charge in [-0.15, -0.1) is 0 Å². The zero-order chi connectivity index (χ0) is 21.2. The van der Waals surface area contributed by atoms with E-state index in [1.165, 1.54) is 18.2 Å². The summed E-state index contributed by atoms with van der Waals surface area (Å²) in [5.41, 5.74) is 0.854. The van der Waals surface area contributed by atoms with Crippen molar-refractivity contribution in [1.29, 1.82) is 0 Å². The minimum Gasteiger partial charge on any atom is -0.452 e. The number of nitro groups is 1. The summed E-state index contributed by atoms with van der Waals surface area (Å²) in [6.07, 6.45) is 0. The monoisotopic (exact) mass is 419 g/mol. The van der Waals surface area contributed by atoms with Crippen LogP contribution < -0.4 is 10.6 Å². The molecule has 0 saturated carbocycles. The largest absolute Gasteiger partial charge is 0.452 e. The summed E-state index contributed by atoms with van der Waals surface area (Å²) in [4.78, 5) is 34.5. The fourth-order valence-electron chi connectivity index (χ4n) is 2.36. The summed E-state index contributed by atoms with van der Waals surface area (Å²) < 4.78 is 17.0. The van der Waals surface area contributed by atoms with Crippen molar-refractivity contribution in [1.82, 2.24) is 5.32 Å². The lowest BCUT2D eigenvalue weighted by atomic mass is 10.2. The van der Waals surface area contributed by atoms with Crippen molar-refractivity contribution in [2.45, 2.75) is 11.8 Å². The highest BCUT2D eigenvalue weighted by molar-refractivity contribution is 7.85. The number of ether oxygens (including phenoxy) is 1. The van der Waals surface area contributed by atoms with Crippen LogP contribution in [0.15, 0.2) is 53.4 Å². The number of nitrogens with zero attached hydrogens (tertiary/aromatic N) is 1. The quantitative estimate of drug-likeness (QED) is 0.261. The number of nitrogens with one attached hydrogen (secondary N) is 2. The minimum absolute atomic E-state index is 0.00462. The summed E-state index contributed by atoms with van der Waals surface area (Å²) in [7, 11) is -1.31. The average Bonchev–Trinajstić information content (AvgIpc) is 2.74. The van der Waals surface area contributed by atoms with Gasteiger partial charge in [0.05, 0.1) is 26.2 Å². The summed E-state index contributed by atoms with van der Waals surface area (Å²) in [6, 6.07) is 12.3. The lowest BCUT2D eigenvalue weighted by Gasteiger charge is -2.10. The Hall–Kier alpha value is -3.27. The molecule has 1 atom stereocenters. The van der Waals surface area contributed by atoms with Crippen LogP contribution in [0.25, 0.3) is 0 Å². The van der Waals surface area contributed by atoms with Crippen LogP contribution in [-0.2, 0) is 20.3 Å². The van der Waals surface area contributed by atoms with Crippen LogP contribution in [-0.4, -0.2) is 46.5 Å². The van der Waals surface area contributed by atoms with Gasteiger partial charge >= 0.3 is 5.97 Å². The van der Waals surface area contributed by atoms with Crippen LogP contribution in [0.3, 0.4) is 0 Å². The molecule has 0 saturated heterocycles. The van der Waals surface area contributed by atoms with E-state index in [1.54, 1.807) is 37.3 Å². The smallest absolute Gasteiger partial charge is 0.339 e. The van der Waals surface area contributed by atoms with E-state index in [1.807, 2.05) is 0 Å². The Labute approximate surface area is 170 Å². The molecular formula is C19H21N3O6S. The number of esters is 1. The molecule has 1 amide bonds. The predicted octanol–water partition coefficient (Wildman–Crippen LogP) is 2.11. The van der Waals surface area contributed by atoms with Crippen molar-refractivity contribution in [2.75, 3.05) is 30.8 Å². The maximum absolute atomic E-state index is 12.2. The second kappa shape index (κ2) is 10.9. The van der Waals surface area contributed by atoms with Crippen LogP contribution >= 0.6 is 0 Å². The van der Waals surface area contributed by atoms with Crippen molar-refractivity contribution < 1.29 is 23.5 Å². The standard InChI is InChI=1S/C19H21N3O6S/c1-2-29(27)17-6-4-3-5-16(17)19(24)28-13-18(23)21-12-11-20-14-7-9-15(10-8-14)22(25)26/h3-10,20H,2,11-13H2,1H3,(H,21,23)/t29-/m1/s1. The zero-order valence-corrected chi connectivity index (χ0v) is 16.6. The molecule has 0 fully saturated rings. The summed E-state index contributed by atoms with van der Waals surface area (Å²) in [5, 5.41) is 16.2. The molecule has 9 nitrogen and oxygen atoms in total. The van der Waals surface area contributed by atoms with Crippen LogP contribution in [0.5, 0.6) is 0 Å². The fourth-order valence-corrected chi connectivity index (χ4v) is 3.30. The van der Waals surface area contributed by atoms with E-state index in [9.17, 15) is 23.9 Å². The molecule has 29 heavy (non-hydrogen) atoms. The minimum atomic E-state index is -1.31. The first-order valence-electron chi connectivity index (χ1n) is 8.82. The first-order chi connectivity index (χ1) is 13.9. The number of amides is 1. The van der Waals surface area contributed by atoms with Gasteiger partial charge < -0.3 is 15.4 Å². The van der Waals surface area contributed by atoms with Crippen molar-refractivity contribution in [3.63, 3.8) is 0 Å². The summed E-state index contributed by atoms with van der Waals surface area (Å²) in [5.74, 6) is -0.813. The predicted molar refractivity (Wildman–Crippen MR) is 108 cm³/mol. The van der Waals surface area contributed by atoms with Gasteiger partial charge in [0.2, 0.25) is 0 Å². The molecular weight excluding hydrogens is 398 g/mol. The molecule has 0 aliphatic heterocycles. The van der Waals surface area contributed by atoms with Crippen molar-refractivity contribution in [3.8, 4) is 0 Å². The number of anilines is 1. The second-order valence-electron chi connectivity index (χ2n) is 5.79. The van der Waals surface area contributed by atoms with Crippen molar-refractivity contribution >= 4 is 34.1 Å². The van der Waals surface area contributed by atoms with E-state index < -0.39 is 34.2 Å². The number of carbonyl (C=O) groups excluding carboxylic acids is 2. The van der Waals surface area contributed by atoms with E-state index in [-0.39, 0.29) is 17.8 Å². The van der Waals surface area contributed by atoms with E-state index in [0.717, 1.165) is 0 Å². The van der Waals surface area contributed by atoms with E-state index in [0.29, 0.717) is 22.9 Å². The SMILES string of the molecule is CC[S@@](=O)c1ccccc1C(=O)OCC(=O)NCCNc1ccc([N+](=O)[O-])cc1. The average molecular weight is 419 g/mol. The second-order valence-corrected chi connectivity index (χ2v) is 7.50. The summed E-state index contributed by atoms with van der Waals surface area (Å²) in [6.45, 7) is 1.94. The van der Waals surface area contributed by atoms with Gasteiger partial charge in [-0.1, -0.05) is 19.1 Å². The number of hydrogen-bond acceptors (Lipinski definition) is 7. The molecule has 0 heterocycles. The molecule has 154 valence electrons. The Balaban J connectivity index is 1.74. The Bertz CT molecular complexity index is 901. The number of carbonyl (C=O) groups is 2. The maximum Gasteiger partial charge on any atom is 0.339 e. The molecule has 0 aliphatic carbocycles. The fraction of sp³-hybridized carbons (Fsp3) is 0.263. The Morgan fingerprint density at radius 3 is 2.45 bits per heavy atom. The van der Waals surface area contributed by atoms with E-state index >= 15 is 0 Å². The lowest BCUT2D eigenvalue weighted by Crippen LogP contribution is -2.32. The Morgan fingerprint density at radius 2 is 1.79 bits per heavy atom. The Morgan fingerprint density at radius 1 is 1.10 bits per heavy atom.